The molecule has 4 heterocycles. The standard InChI is InChI=1S/C25H27N9/c1-17-4-3-5-21(29-17)24-27-14-11-22(32-24)31-23-12-15-28-25(33-23)30-18-6-8-19(9-7-18)34(2)20-10-13-26-16-20/h3-9,11-12,14-15,20,26H,10,13,16H2,1-2H3,(H2,27,28,30,31,32,33)/t20-/m1/s1. The lowest BCUT2D eigenvalue weighted by Crippen LogP contribution is -2.33. The zero-order chi connectivity index (χ0) is 23.3. The molecule has 1 atom stereocenters. The largest absolute Gasteiger partial charge is 0.370 e. The number of nitrogens with zero attached hydrogens (tertiary/aromatic N) is 6. The van der Waals surface area contributed by atoms with Crippen LogP contribution in [0.25, 0.3) is 11.5 Å². The van der Waals surface area contributed by atoms with Crippen LogP contribution < -0.4 is 20.9 Å². The lowest BCUT2D eigenvalue weighted by Gasteiger charge is -2.26. The number of anilines is 5. The van der Waals surface area contributed by atoms with Crippen molar-refractivity contribution in [1.82, 2.24) is 30.2 Å². The Kier molecular flexibility index (Phi) is 6.26. The lowest BCUT2D eigenvalue weighted by molar-refractivity contribution is 0.686. The summed E-state index contributed by atoms with van der Waals surface area (Å²) >= 11 is 0. The number of nitrogens with one attached hydrogen (secondary N) is 3. The zero-order valence-corrected chi connectivity index (χ0v) is 19.2. The second-order valence-electron chi connectivity index (χ2n) is 8.25. The van der Waals surface area contributed by atoms with Gasteiger partial charge in [-0.05, 0) is 68.4 Å². The molecule has 9 nitrogen and oxygen atoms in total. The Morgan fingerprint density at radius 2 is 1.68 bits per heavy atom. The third-order valence-corrected chi connectivity index (χ3v) is 5.80. The molecule has 0 unspecified atom stereocenters. The van der Waals surface area contributed by atoms with Crippen molar-refractivity contribution in [3.05, 3.63) is 72.7 Å². The van der Waals surface area contributed by atoms with Gasteiger partial charge in [0.05, 0.1) is 0 Å². The molecule has 34 heavy (non-hydrogen) atoms. The Labute approximate surface area is 198 Å². The quantitative estimate of drug-likeness (QED) is 0.384. The molecule has 0 spiro atoms. The van der Waals surface area contributed by atoms with Crippen LogP contribution in [0.15, 0.2) is 67.0 Å². The highest BCUT2D eigenvalue weighted by molar-refractivity contribution is 5.61. The van der Waals surface area contributed by atoms with Crippen LogP contribution in [0.3, 0.4) is 0 Å². The van der Waals surface area contributed by atoms with Crippen molar-refractivity contribution >= 4 is 29.0 Å². The van der Waals surface area contributed by atoms with Crippen LogP contribution in [0.1, 0.15) is 12.1 Å². The van der Waals surface area contributed by atoms with Crippen LogP contribution >= 0.6 is 0 Å². The zero-order valence-electron chi connectivity index (χ0n) is 19.2. The van der Waals surface area contributed by atoms with Crippen LogP contribution in [0.2, 0.25) is 0 Å². The molecule has 0 radical (unpaired) electrons. The van der Waals surface area contributed by atoms with E-state index in [4.69, 9.17) is 0 Å². The summed E-state index contributed by atoms with van der Waals surface area (Å²) in [4.78, 5) is 24.7. The Morgan fingerprint density at radius 3 is 2.44 bits per heavy atom. The SMILES string of the molecule is Cc1cccc(-c2nccc(Nc3ccnc(Nc4ccc(N(C)[C@@H]5CCNC5)cc4)n3)n2)n1. The topological polar surface area (TPSA) is 104 Å². The van der Waals surface area contributed by atoms with Gasteiger partial charge in [0.25, 0.3) is 0 Å². The molecule has 0 bridgehead atoms. The second kappa shape index (κ2) is 9.80. The highest BCUT2D eigenvalue weighted by atomic mass is 15.2. The Hall–Kier alpha value is -4.11. The monoisotopic (exact) mass is 453 g/mol. The first-order valence-corrected chi connectivity index (χ1v) is 11.3. The molecule has 3 N–H and O–H groups in total. The maximum atomic E-state index is 4.58. The number of pyridine rings is 1. The fraction of sp³-hybridized carbons (Fsp3) is 0.240. The highest BCUT2D eigenvalue weighted by Crippen LogP contribution is 2.23. The molecule has 0 amide bonds. The van der Waals surface area contributed by atoms with E-state index in [-0.39, 0.29) is 0 Å². The molecular weight excluding hydrogens is 426 g/mol. The molecule has 0 saturated carbocycles. The highest BCUT2D eigenvalue weighted by Gasteiger charge is 2.19. The van der Waals surface area contributed by atoms with Crippen molar-refractivity contribution < 1.29 is 0 Å². The predicted molar refractivity (Wildman–Crippen MR) is 135 cm³/mol. The number of hydrogen-bond acceptors (Lipinski definition) is 9. The van der Waals surface area contributed by atoms with Crippen molar-refractivity contribution in [1.29, 1.82) is 0 Å². The molecule has 5 rings (SSSR count). The van der Waals surface area contributed by atoms with Crippen LogP contribution in [-0.4, -0.2) is 51.1 Å². The van der Waals surface area contributed by atoms with Crippen LogP contribution in [-0.2, 0) is 0 Å². The van der Waals surface area contributed by atoms with E-state index in [1.807, 2.05) is 37.3 Å². The van der Waals surface area contributed by atoms with E-state index >= 15 is 0 Å². The first-order chi connectivity index (χ1) is 16.6. The fourth-order valence-corrected chi connectivity index (χ4v) is 3.93. The summed E-state index contributed by atoms with van der Waals surface area (Å²) in [6.45, 7) is 4.05. The third kappa shape index (κ3) is 5.10. The van der Waals surface area contributed by atoms with Gasteiger partial charge in [-0.3, -0.25) is 0 Å². The number of hydrogen-bond donors (Lipinski definition) is 3. The summed E-state index contributed by atoms with van der Waals surface area (Å²) in [6.07, 6.45) is 4.58. The molecule has 1 fully saturated rings. The second-order valence-corrected chi connectivity index (χ2v) is 8.25. The number of aromatic nitrogens is 5. The van der Waals surface area contributed by atoms with Gasteiger partial charge in [0.1, 0.15) is 17.3 Å². The average molecular weight is 454 g/mol. The van der Waals surface area contributed by atoms with Gasteiger partial charge < -0.3 is 20.9 Å². The average Bonchev–Trinajstić information content (AvgIpc) is 3.40. The summed E-state index contributed by atoms with van der Waals surface area (Å²) in [5, 5.41) is 9.92. The minimum atomic E-state index is 0.501. The van der Waals surface area contributed by atoms with E-state index in [1.165, 1.54) is 12.1 Å². The van der Waals surface area contributed by atoms with Crippen molar-refractivity contribution in [2.75, 3.05) is 35.7 Å². The smallest absolute Gasteiger partial charge is 0.229 e. The molecule has 172 valence electrons. The van der Waals surface area contributed by atoms with E-state index in [0.717, 1.165) is 30.2 Å². The number of aryl methyl sites for hydroxylation is 1. The minimum absolute atomic E-state index is 0.501. The molecule has 1 aromatic carbocycles. The van der Waals surface area contributed by atoms with Crippen molar-refractivity contribution in [3.8, 4) is 11.5 Å². The molecule has 4 aromatic rings. The predicted octanol–water partition coefficient (Wildman–Crippen LogP) is 3.92. The van der Waals surface area contributed by atoms with Gasteiger partial charge in [-0.1, -0.05) is 6.07 Å². The van der Waals surface area contributed by atoms with Crippen LogP contribution in [0.5, 0.6) is 0 Å². The van der Waals surface area contributed by atoms with Gasteiger partial charge in [0, 0.05) is 49.1 Å². The molecule has 1 aliphatic heterocycles. The summed E-state index contributed by atoms with van der Waals surface area (Å²) in [5.74, 6) is 2.32. The molecular formula is C25H27N9. The van der Waals surface area contributed by atoms with E-state index in [9.17, 15) is 0 Å². The van der Waals surface area contributed by atoms with Gasteiger partial charge in [-0.25, -0.2) is 19.9 Å². The first kappa shape index (κ1) is 21.7. The van der Waals surface area contributed by atoms with Crippen molar-refractivity contribution in [3.63, 3.8) is 0 Å². The number of benzene rings is 1. The van der Waals surface area contributed by atoms with E-state index < -0.39 is 0 Å². The summed E-state index contributed by atoms with van der Waals surface area (Å²) < 4.78 is 0. The van der Waals surface area contributed by atoms with E-state index in [1.54, 1.807) is 24.5 Å². The van der Waals surface area contributed by atoms with Crippen LogP contribution in [0.4, 0.5) is 29.0 Å². The summed E-state index contributed by atoms with van der Waals surface area (Å²) in [7, 11) is 2.14. The summed E-state index contributed by atoms with van der Waals surface area (Å²) in [6, 6.07) is 18.2. The van der Waals surface area contributed by atoms with Crippen molar-refractivity contribution in [2.45, 2.75) is 19.4 Å². The van der Waals surface area contributed by atoms with Gasteiger partial charge in [0.2, 0.25) is 5.95 Å². The number of likely N-dealkylation sites (N-methyl/N-ethyl adjacent to an activating group) is 1. The van der Waals surface area contributed by atoms with Gasteiger partial charge in [0.15, 0.2) is 5.82 Å². The van der Waals surface area contributed by atoms with E-state index in [2.05, 4.69) is 65.0 Å². The molecule has 0 aliphatic carbocycles. The lowest BCUT2D eigenvalue weighted by atomic mass is 10.2. The van der Waals surface area contributed by atoms with E-state index in [0.29, 0.717) is 29.5 Å². The van der Waals surface area contributed by atoms with Crippen LogP contribution in [0, 0.1) is 6.92 Å². The molecule has 1 aliphatic rings. The normalized spacial score (nSPS) is 15.2. The first-order valence-electron chi connectivity index (χ1n) is 11.3. The Bertz CT molecular complexity index is 1250. The molecule has 9 heteroatoms. The molecule has 1 saturated heterocycles. The minimum Gasteiger partial charge on any atom is -0.370 e. The number of rotatable bonds is 7. The maximum Gasteiger partial charge on any atom is 0.229 e. The van der Waals surface area contributed by atoms with Gasteiger partial charge in [-0.2, -0.15) is 4.98 Å². The fourth-order valence-electron chi connectivity index (χ4n) is 3.93. The van der Waals surface area contributed by atoms with Crippen molar-refractivity contribution in [2.24, 2.45) is 0 Å². The summed E-state index contributed by atoms with van der Waals surface area (Å²) in [5.41, 5.74) is 3.76. The maximum absolute atomic E-state index is 4.58. The molecule has 3 aromatic heterocycles. The Morgan fingerprint density at radius 1 is 0.882 bits per heavy atom. The Balaban J connectivity index is 1.26. The third-order valence-electron chi connectivity index (χ3n) is 5.80. The van der Waals surface area contributed by atoms with Gasteiger partial charge in [-0.15, -0.1) is 0 Å². The van der Waals surface area contributed by atoms with Gasteiger partial charge >= 0.3 is 0 Å².